The first-order valence-electron chi connectivity index (χ1n) is 9.67. The van der Waals surface area contributed by atoms with Gasteiger partial charge in [-0.1, -0.05) is 18.2 Å². The lowest BCUT2D eigenvalue weighted by molar-refractivity contribution is -0.137. The molecule has 166 valence electrons. The van der Waals surface area contributed by atoms with Gasteiger partial charge in [0.05, 0.1) is 31.7 Å². The fraction of sp³-hybridized carbons (Fsp3) is 0.227. The Balaban J connectivity index is 1.68. The maximum Gasteiger partial charge on any atom is 0.416 e. The summed E-state index contributed by atoms with van der Waals surface area (Å²) in [6.45, 7) is 0.346. The number of ether oxygens (including phenoxy) is 2. The van der Waals surface area contributed by atoms with Crippen LogP contribution in [0, 0.1) is 0 Å². The zero-order valence-electron chi connectivity index (χ0n) is 17.3. The zero-order valence-corrected chi connectivity index (χ0v) is 17.3. The van der Waals surface area contributed by atoms with E-state index in [-0.39, 0.29) is 5.82 Å². The van der Waals surface area contributed by atoms with E-state index in [1.54, 1.807) is 43.1 Å². The number of nitrogen functional groups attached to an aromatic ring is 1. The van der Waals surface area contributed by atoms with Crippen molar-refractivity contribution >= 4 is 5.82 Å². The molecule has 2 aromatic rings. The molecule has 0 spiro atoms. The second kappa shape index (κ2) is 8.37. The highest BCUT2D eigenvalue weighted by atomic mass is 19.4. The lowest BCUT2D eigenvalue weighted by atomic mass is 10.1. The van der Waals surface area contributed by atoms with Gasteiger partial charge in [0.2, 0.25) is 0 Å². The molecule has 2 N–H and O–H groups in total. The minimum atomic E-state index is -4.39. The number of fused-ring (bicyclic) bond motifs is 1. The average Bonchev–Trinajstić information content (AvgIpc) is 3.24. The predicted octanol–water partition coefficient (Wildman–Crippen LogP) is 4.31. The van der Waals surface area contributed by atoms with Gasteiger partial charge in [-0.25, -0.2) is 15.0 Å². The van der Waals surface area contributed by atoms with E-state index in [1.807, 2.05) is 0 Å². The molecule has 0 saturated carbocycles. The molecule has 2 aliphatic rings. The summed E-state index contributed by atoms with van der Waals surface area (Å²) < 4.78 is 51.4. The van der Waals surface area contributed by atoms with Gasteiger partial charge in [0.25, 0.3) is 0 Å². The van der Waals surface area contributed by atoms with Crippen molar-refractivity contribution < 1.29 is 22.6 Å². The largest absolute Gasteiger partial charge is 0.497 e. The maximum atomic E-state index is 13.0. The van der Waals surface area contributed by atoms with Crippen molar-refractivity contribution in [2.45, 2.75) is 19.1 Å². The van der Waals surface area contributed by atoms with Crippen molar-refractivity contribution in [1.82, 2.24) is 19.5 Å². The molecule has 0 saturated heterocycles. The summed E-state index contributed by atoms with van der Waals surface area (Å²) in [6.07, 6.45) is -2.53. The van der Waals surface area contributed by atoms with Crippen molar-refractivity contribution in [2.24, 2.45) is 0 Å². The summed E-state index contributed by atoms with van der Waals surface area (Å²) in [5.41, 5.74) is 6.90. The van der Waals surface area contributed by atoms with E-state index in [0.29, 0.717) is 52.9 Å². The van der Waals surface area contributed by atoms with E-state index in [1.165, 1.54) is 12.4 Å². The summed E-state index contributed by atoms with van der Waals surface area (Å²) in [7, 11) is 3.09. The standard InChI is InChI=1S/C22H20F3N5O2/c1-31-15-6-7-17(32-2)16(11-15)20-28-18-19(26)27-12-30(21(18)29-20)9-8-13-4-3-5-14(10-13)22(23,24)25/h3-7,10-12H,8-9,26H2,1-2H3. The SMILES string of the molecule is COc1ccc(OC)c(-c2nc3c(N)ncn(CCc4cccc(C(F)(F)F)c4)c-3n2)c1. The van der Waals surface area contributed by atoms with E-state index in [2.05, 4.69) is 15.0 Å². The van der Waals surface area contributed by atoms with Crippen molar-refractivity contribution in [3.05, 3.63) is 59.9 Å². The number of aromatic nitrogens is 4. The molecule has 0 aliphatic carbocycles. The Bertz CT molecular complexity index is 1220. The molecule has 10 heteroatoms. The van der Waals surface area contributed by atoms with Crippen LogP contribution in [-0.2, 0) is 19.1 Å². The molecule has 2 aromatic carbocycles. The molecule has 2 heterocycles. The van der Waals surface area contributed by atoms with Crippen molar-refractivity contribution in [3.8, 4) is 34.4 Å². The Hall–Kier alpha value is -3.82. The normalized spacial score (nSPS) is 11.7. The highest BCUT2D eigenvalue weighted by Crippen LogP contribution is 2.35. The number of aryl methyl sites for hydroxylation is 2. The van der Waals surface area contributed by atoms with E-state index >= 15 is 0 Å². The Labute approximate surface area is 182 Å². The molecular formula is C22H20F3N5O2. The fourth-order valence-corrected chi connectivity index (χ4v) is 3.38. The average molecular weight is 443 g/mol. The Morgan fingerprint density at radius 1 is 1.03 bits per heavy atom. The van der Waals surface area contributed by atoms with Crippen LogP contribution < -0.4 is 15.2 Å². The van der Waals surface area contributed by atoms with Crippen molar-refractivity contribution in [3.63, 3.8) is 0 Å². The molecule has 0 atom stereocenters. The zero-order chi connectivity index (χ0) is 22.9. The number of methoxy groups -OCH3 is 2. The molecular weight excluding hydrogens is 423 g/mol. The van der Waals surface area contributed by atoms with Crippen LogP contribution in [0.1, 0.15) is 11.1 Å². The number of anilines is 1. The number of nitrogens with two attached hydrogens (primary N) is 1. The smallest absolute Gasteiger partial charge is 0.416 e. The first-order chi connectivity index (χ1) is 15.3. The van der Waals surface area contributed by atoms with Gasteiger partial charge in [-0.05, 0) is 36.2 Å². The third-order valence-corrected chi connectivity index (χ3v) is 5.04. The van der Waals surface area contributed by atoms with Gasteiger partial charge in [0.15, 0.2) is 23.2 Å². The predicted molar refractivity (Wildman–Crippen MR) is 113 cm³/mol. The third kappa shape index (κ3) is 4.16. The van der Waals surface area contributed by atoms with Crippen LogP contribution in [0.5, 0.6) is 11.5 Å². The second-order valence-electron chi connectivity index (χ2n) is 7.06. The van der Waals surface area contributed by atoms with E-state index in [0.717, 1.165) is 12.1 Å². The number of alkyl halides is 3. The van der Waals surface area contributed by atoms with Crippen LogP contribution in [0.3, 0.4) is 0 Å². The van der Waals surface area contributed by atoms with Gasteiger partial charge in [0.1, 0.15) is 11.5 Å². The van der Waals surface area contributed by atoms with E-state index in [9.17, 15) is 13.2 Å². The van der Waals surface area contributed by atoms with Crippen LogP contribution in [0.2, 0.25) is 0 Å². The molecule has 0 aromatic heterocycles. The van der Waals surface area contributed by atoms with Crippen LogP contribution >= 0.6 is 0 Å². The molecule has 7 nitrogen and oxygen atoms in total. The topological polar surface area (TPSA) is 88.1 Å². The minimum Gasteiger partial charge on any atom is -0.497 e. The Morgan fingerprint density at radius 2 is 1.84 bits per heavy atom. The number of nitrogens with zero attached hydrogens (tertiary/aromatic N) is 4. The fourth-order valence-electron chi connectivity index (χ4n) is 3.38. The summed E-state index contributed by atoms with van der Waals surface area (Å²) in [6, 6.07) is 10.5. The van der Waals surface area contributed by atoms with Crippen LogP contribution in [0.4, 0.5) is 19.0 Å². The highest BCUT2D eigenvalue weighted by molar-refractivity contribution is 5.74. The Kier molecular flexibility index (Phi) is 5.60. The third-order valence-electron chi connectivity index (χ3n) is 5.04. The summed E-state index contributed by atoms with van der Waals surface area (Å²) >= 11 is 0. The lowest BCUT2D eigenvalue weighted by Crippen LogP contribution is -2.10. The first-order valence-corrected chi connectivity index (χ1v) is 9.67. The van der Waals surface area contributed by atoms with Gasteiger partial charge in [-0.3, -0.25) is 0 Å². The molecule has 0 fully saturated rings. The van der Waals surface area contributed by atoms with Gasteiger partial charge in [0, 0.05) is 6.54 Å². The van der Waals surface area contributed by atoms with E-state index in [4.69, 9.17) is 15.2 Å². The number of hydrogen-bond donors (Lipinski definition) is 1. The van der Waals surface area contributed by atoms with Crippen LogP contribution in [0.15, 0.2) is 48.8 Å². The van der Waals surface area contributed by atoms with Gasteiger partial charge in [-0.15, -0.1) is 0 Å². The van der Waals surface area contributed by atoms with Gasteiger partial charge in [-0.2, -0.15) is 13.2 Å². The van der Waals surface area contributed by atoms with Crippen molar-refractivity contribution in [1.29, 1.82) is 0 Å². The molecule has 0 unspecified atom stereocenters. The minimum absolute atomic E-state index is 0.205. The summed E-state index contributed by atoms with van der Waals surface area (Å²) in [5.74, 6) is 2.23. The van der Waals surface area contributed by atoms with Gasteiger partial charge >= 0.3 is 6.18 Å². The quantitative estimate of drug-likeness (QED) is 0.478. The second-order valence-corrected chi connectivity index (χ2v) is 7.06. The number of halogens is 3. The van der Waals surface area contributed by atoms with Crippen LogP contribution in [0.25, 0.3) is 22.9 Å². The maximum absolute atomic E-state index is 13.0. The molecule has 4 rings (SSSR count). The monoisotopic (exact) mass is 443 g/mol. The highest BCUT2D eigenvalue weighted by Gasteiger charge is 2.30. The summed E-state index contributed by atoms with van der Waals surface area (Å²) in [5, 5.41) is 0. The van der Waals surface area contributed by atoms with Gasteiger partial charge < -0.3 is 19.8 Å². The summed E-state index contributed by atoms with van der Waals surface area (Å²) in [4.78, 5) is 13.3. The molecule has 0 amide bonds. The Morgan fingerprint density at radius 3 is 2.56 bits per heavy atom. The number of rotatable bonds is 6. The number of benzene rings is 2. The first kappa shape index (κ1) is 21.4. The van der Waals surface area contributed by atoms with E-state index < -0.39 is 11.7 Å². The van der Waals surface area contributed by atoms with Crippen molar-refractivity contribution in [2.75, 3.05) is 20.0 Å². The number of hydrogen-bond acceptors (Lipinski definition) is 6. The molecule has 0 radical (unpaired) electrons. The lowest BCUT2D eigenvalue weighted by Gasteiger charge is -2.12. The molecule has 2 aliphatic heterocycles. The molecule has 0 bridgehead atoms. The van der Waals surface area contributed by atoms with Crippen LogP contribution in [-0.4, -0.2) is 33.7 Å². The molecule has 32 heavy (non-hydrogen) atoms. The number of imidazole rings is 1.